The maximum absolute atomic E-state index is 13.1. The molecule has 0 fully saturated rings. The molecule has 2 heterocycles. The van der Waals surface area contributed by atoms with Crippen molar-refractivity contribution in [3.05, 3.63) is 68.2 Å². The molecule has 0 amide bonds. The van der Waals surface area contributed by atoms with Crippen LogP contribution in [0.5, 0.6) is 34.5 Å². The van der Waals surface area contributed by atoms with E-state index in [4.69, 9.17) is 42.1 Å². The molecule has 0 aliphatic carbocycles. The third kappa shape index (κ3) is 3.16. The number of carboxylic acids is 1. The molecule has 9 nitrogen and oxygen atoms in total. The summed E-state index contributed by atoms with van der Waals surface area (Å²) in [6.07, 6.45) is 0. The standard InChI is InChI=1S/C25H18Cl2O9/c1-3-33-15-8-13-21(17(26)19(15)28)35-22-14(9-16(34-4-2)20(29)18(22)27)25(13)12-7-10(23(30)31)5-6-11(12)24(32)36-25/h5-9,28-29H,3-4H2,1-2H3,(H,30,31). The Labute approximate surface area is 214 Å². The lowest BCUT2D eigenvalue weighted by Crippen LogP contribution is -2.33. The Morgan fingerprint density at radius 3 is 1.92 bits per heavy atom. The highest BCUT2D eigenvalue weighted by Crippen LogP contribution is 2.63. The van der Waals surface area contributed by atoms with E-state index in [0.29, 0.717) is 0 Å². The number of carbonyl (C=O) groups is 2. The van der Waals surface area contributed by atoms with Crippen molar-refractivity contribution in [3.63, 3.8) is 0 Å². The van der Waals surface area contributed by atoms with Gasteiger partial charge in [0.1, 0.15) is 10.0 Å². The topological polar surface area (TPSA) is 132 Å². The Kier molecular flexibility index (Phi) is 5.57. The number of phenolic OH excluding ortho intramolecular Hbond substituents is 2. The molecule has 0 aromatic heterocycles. The van der Waals surface area contributed by atoms with E-state index < -0.39 is 29.0 Å². The second-order valence-corrected chi connectivity index (χ2v) is 8.69. The first-order chi connectivity index (χ1) is 17.1. The van der Waals surface area contributed by atoms with Gasteiger partial charge in [-0.15, -0.1) is 0 Å². The minimum atomic E-state index is -1.83. The molecular weight excluding hydrogens is 515 g/mol. The molecule has 0 radical (unpaired) electrons. The van der Waals surface area contributed by atoms with Gasteiger partial charge in [-0.3, -0.25) is 0 Å². The highest BCUT2D eigenvalue weighted by Gasteiger charge is 2.56. The minimum Gasteiger partial charge on any atom is -0.503 e. The summed E-state index contributed by atoms with van der Waals surface area (Å²) < 4.78 is 23.1. The molecule has 0 atom stereocenters. The number of rotatable bonds is 5. The summed E-state index contributed by atoms with van der Waals surface area (Å²) in [5.41, 5.74) is -1.35. The number of benzene rings is 3. The lowest BCUT2D eigenvalue weighted by molar-refractivity contribution is 0.0222. The SMILES string of the molecule is CCOc1cc2c(c(Cl)c1O)Oc1c(cc(OCC)c(O)c1Cl)C21OC(=O)c2ccc(C(=O)O)cc21. The Hall–Kier alpha value is -3.82. The molecule has 2 aliphatic heterocycles. The van der Waals surface area contributed by atoms with Crippen molar-refractivity contribution in [2.24, 2.45) is 0 Å². The van der Waals surface area contributed by atoms with Crippen LogP contribution in [0.15, 0.2) is 30.3 Å². The van der Waals surface area contributed by atoms with Gasteiger partial charge < -0.3 is 34.3 Å². The molecule has 3 aromatic rings. The van der Waals surface area contributed by atoms with Crippen LogP contribution in [0.1, 0.15) is 51.3 Å². The monoisotopic (exact) mass is 532 g/mol. The molecule has 0 saturated heterocycles. The first-order valence-electron chi connectivity index (χ1n) is 10.8. The summed E-state index contributed by atoms with van der Waals surface area (Å²) in [6, 6.07) is 6.75. The number of ether oxygens (including phenoxy) is 4. The van der Waals surface area contributed by atoms with Crippen molar-refractivity contribution < 1.29 is 43.9 Å². The molecule has 3 aromatic carbocycles. The molecule has 36 heavy (non-hydrogen) atoms. The molecule has 2 aliphatic rings. The quantitative estimate of drug-likeness (QED) is 0.366. The maximum Gasteiger partial charge on any atom is 0.340 e. The molecule has 5 rings (SSSR count). The van der Waals surface area contributed by atoms with Crippen LogP contribution in [-0.2, 0) is 10.3 Å². The van der Waals surface area contributed by atoms with Crippen LogP contribution in [0.4, 0.5) is 0 Å². The van der Waals surface area contributed by atoms with Crippen molar-refractivity contribution in [1.82, 2.24) is 0 Å². The van der Waals surface area contributed by atoms with Gasteiger partial charge in [0.2, 0.25) is 0 Å². The van der Waals surface area contributed by atoms with Gasteiger partial charge in [-0.1, -0.05) is 23.2 Å². The van der Waals surface area contributed by atoms with Crippen molar-refractivity contribution in [3.8, 4) is 34.5 Å². The minimum absolute atomic E-state index is 0.0125. The second-order valence-electron chi connectivity index (χ2n) is 7.93. The van der Waals surface area contributed by atoms with E-state index in [0.717, 1.165) is 0 Å². The summed E-state index contributed by atoms with van der Waals surface area (Å²) >= 11 is 13.0. The molecule has 1 spiro atoms. The van der Waals surface area contributed by atoms with Gasteiger partial charge in [-0.2, -0.15) is 0 Å². The molecule has 0 bridgehead atoms. The zero-order valence-electron chi connectivity index (χ0n) is 18.8. The van der Waals surface area contributed by atoms with E-state index in [9.17, 15) is 24.9 Å². The lowest BCUT2D eigenvalue weighted by Gasteiger charge is -2.38. The van der Waals surface area contributed by atoms with Crippen LogP contribution in [0, 0.1) is 0 Å². The second kappa shape index (κ2) is 8.39. The summed E-state index contributed by atoms with van der Waals surface area (Å²) in [6.45, 7) is 3.77. The average molecular weight is 533 g/mol. The van der Waals surface area contributed by atoms with E-state index in [2.05, 4.69) is 0 Å². The van der Waals surface area contributed by atoms with Crippen LogP contribution >= 0.6 is 23.2 Å². The number of phenols is 2. The highest BCUT2D eigenvalue weighted by molar-refractivity contribution is 6.35. The summed E-state index contributed by atoms with van der Waals surface area (Å²) in [4.78, 5) is 24.9. The van der Waals surface area contributed by atoms with Gasteiger partial charge >= 0.3 is 11.9 Å². The van der Waals surface area contributed by atoms with E-state index in [1.807, 2.05) is 0 Å². The molecule has 0 unspecified atom stereocenters. The van der Waals surface area contributed by atoms with Crippen LogP contribution in [0.2, 0.25) is 10.0 Å². The average Bonchev–Trinajstić information content (AvgIpc) is 3.14. The van der Waals surface area contributed by atoms with Crippen LogP contribution in [0.25, 0.3) is 0 Å². The lowest BCUT2D eigenvalue weighted by atomic mass is 9.77. The van der Waals surface area contributed by atoms with Gasteiger partial charge in [0.15, 0.2) is 40.1 Å². The van der Waals surface area contributed by atoms with Crippen molar-refractivity contribution in [2.45, 2.75) is 19.4 Å². The molecular formula is C25H18Cl2O9. The van der Waals surface area contributed by atoms with E-state index in [-0.39, 0.29) is 74.1 Å². The first kappa shape index (κ1) is 23.9. The number of esters is 1. The van der Waals surface area contributed by atoms with Crippen LogP contribution in [-0.4, -0.2) is 40.5 Å². The number of carbonyl (C=O) groups excluding carboxylic acids is 1. The van der Waals surface area contributed by atoms with Gasteiger partial charge in [-0.05, 0) is 44.2 Å². The van der Waals surface area contributed by atoms with Crippen LogP contribution < -0.4 is 14.2 Å². The van der Waals surface area contributed by atoms with Gasteiger partial charge in [-0.25, -0.2) is 9.59 Å². The Balaban J connectivity index is 1.95. The third-order valence-corrected chi connectivity index (χ3v) is 6.70. The number of halogens is 2. The molecule has 186 valence electrons. The van der Waals surface area contributed by atoms with E-state index in [1.54, 1.807) is 13.8 Å². The van der Waals surface area contributed by atoms with Crippen molar-refractivity contribution >= 4 is 35.1 Å². The van der Waals surface area contributed by atoms with Crippen molar-refractivity contribution in [2.75, 3.05) is 13.2 Å². The fraction of sp³-hybridized carbons (Fsp3) is 0.200. The number of hydrogen-bond acceptors (Lipinski definition) is 8. The predicted octanol–water partition coefficient (Wildman–Crippen LogP) is 5.47. The Bertz CT molecular complexity index is 1400. The summed E-state index contributed by atoms with van der Waals surface area (Å²) in [5, 5.41) is 30.4. The fourth-order valence-corrected chi connectivity index (χ4v) is 4.96. The highest BCUT2D eigenvalue weighted by atomic mass is 35.5. The van der Waals surface area contributed by atoms with Gasteiger partial charge in [0.25, 0.3) is 0 Å². The van der Waals surface area contributed by atoms with Crippen molar-refractivity contribution in [1.29, 1.82) is 0 Å². The van der Waals surface area contributed by atoms with Crippen LogP contribution in [0.3, 0.4) is 0 Å². The smallest absolute Gasteiger partial charge is 0.340 e. The molecule has 3 N–H and O–H groups in total. The van der Waals surface area contributed by atoms with E-state index >= 15 is 0 Å². The zero-order chi connectivity index (χ0) is 25.9. The number of aromatic carboxylic acids is 1. The molecule has 0 saturated carbocycles. The largest absolute Gasteiger partial charge is 0.503 e. The fourth-order valence-electron chi connectivity index (χ4n) is 4.49. The predicted molar refractivity (Wildman–Crippen MR) is 127 cm³/mol. The van der Waals surface area contributed by atoms with Gasteiger partial charge in [0.05, 0.1) is 35.5 Å². The number of carboxylic acid groups (broad SMARTS) is 1. The number of fused-ring (bicyclic) bond motifs is 6. The zero-order valence-corrected chi connectivity index (χ0v) is 20.4. The summed E-state index contributed by atoms with van der Waals surface area (Å²) in [5.74, 6) is -3.07. The number of aromatic hydroxyl groups is 2. The Morgan fingerprint density at radius 1 is 0.917 bits per heavy atom. The summed E-state index contributed by atoms with van der Waals surface area (Å²) in [7, 11) is 0. The maximum atomic E-state index is 13.1. The van der Waals surface area contributed by atoms with Gasteiger partial charge in [0, 0.05) is 5.56 Å². The first-order valence-corrected chi connectivity index (χ1v) is 11.6. The molecule has 11 heteroatoms. The normalized spacial score (nSPS) is 14.4. The third-order valence-electron chi connectivity index (χ3n) is 6.00. The Morgan fingerprint density at radius 2 is 1.44 bits per heavy atom. The number of hydrogen-bond donors (Lipinski definition) is 3. The van der Waals surface area contributed by atoms with E-state index in [1.165, 1.54) is 30.3 Å².